The predicted molar refractivity (Wildman–Crippen MR) is 276 cm³/mol. The number of methoxy groups -OCH3 is 4. The molecule has 21 heteroatoms. The third-order valence-corrected chi connectivity index (χ3v) is 8.20. The molecule has 3 rings (SSSR count). The number of aliphatic carboxylic acids is 1. The molecular formula is C54H86O21. The number of Topliss-reactive ketones (excluding diaryl/α,β-unsaturated/α-hetero) is 3. The van der Waals surface area contributed by atoms with Crippen molar-refractivity contribution in [2.75, 3.05) is 54.9 Å². The first kappa shape index (κ1) is 77.5. The molecule has 0 aliphatic carbocycles. The van der Waals surface area contributed by atoms with Crippen LogP contribution in [0.25, 0.3) is 0 Å². The van der Waals surface area contributed by atoms with Crippen molar-refractivity contribution >= 4 is 59.1 Å². The van der Waals surface area contributed by atoms with Crippen molar-refractivity contribution in [3.8, 4) is 0 Å². The molecule has 0 spiro atoms. The largest absolute Gasteiger partial charge is 0.480 e. The van der Waals surface area contributed by atoms with Crippen LogP contribution in [-0.2, 0) is 109 Å². The monoisotopic (exact) mass is 1070 g/mol. The van der Waals surface area contributed by atoms with Crippen molar-refractivity contribution in [3.05, 3.63) is 71.8 Å². The summed E-state index contributed by atoms with van der Waals surface area (Å²) in [4.78, 5) is 112. The third kappa shape index (κ3) is 41.6. The Kier molecular flexibility index (Phi) is 42.3. The molecule has 2 aromatic rings. The lowest BCUT2D eigenvalue weighted by Gasteiger charge is -2.28. The molecule has 428 valence electrons. The summed E-state index contributed by atoms with van der Waals surface area (Å²) < 4.78 is 48.2. The maximum Gasteiger partial charge on any atom is 0.329 e. The van der Waals surface area contributed by atoms with Gasteiger partial charge < -0.3 is 52.5 Å². The van der Waals surface area contributed by atoms with Gasteiger partial charge in [0.25, 0.3) is 5.79 Å². The summed E-state index contributed by atoms with van der Waals surface area (Å²) in [5, 5.41) is 7.79. The van der Waals surface area contributed by atoms with E-state index in [1.807, 2.05) is 48.5 Å². The maximum atomic E-state index is 12.4. The fraction of sp³-hybridized carbons (Fsp3) is 0.593. The minimum absolute atomic E-state index is 0. The van der Waals surface area contributed by atoms with Crippen molar-refractivity contribution in [2.45, 2.75) is 141 Å². The molecule has 1 fully saturated rings. The lowest BCUT2D eigenvalue weighted by Crippen LogP contribution is -2.40. The van der Waals surface area contributed by atoms with Gasteiger partial charge in [-0.15, -0.1) is 0 Å². The molecule has 3 unspecified atom stereocenters. The number of rotatable bonds is 21. The summed E-state index contributed by atoms with van der Waals surface area (Å²) in [6.07, 6.45) is -0.340. The smallest absolute Gasteiger partial charge is 0.329 e. The average Bonchev–Trinajstić information content (AvgIpc) is 3.25. The van der Waals surface area contributed by atoms with E-state index in [1.165, 1.54) is 49.2 Å². The van der Waals surface area contributed by atoms with Crippen LogP contribution in [0.15, 0.2) is 60.7 Å². The first-order valence-electron chi connectivity index (χ1n) is 22.4. The molecule has 1 N–H and O–H groups in total. The van der Waals surface area contributed by atoms with Gasteiger partial charge in [-0.25, -0.2) is 4.79 Å². The summed E-state index contributed by atoms with van der Waals surface area (Å²) in [5.74, 6) is -8.83. The fourth-order valence-electron chi connectivity index (χ4n) is 5.29. The molecule has 1 aliphatic rings. The lowest BCUT2D eigenvalue weighted by atomic mass is 9.90. The molecule has 0 amide bonds. The van der Waals surface area contributed by atoms with Crippen molar-refractivity contribution in [1.82, 2.24) is 0 Å². The Labute approximate surface area is 443 Å². The van der Waals surface area contributed by atoms with E-state index >= 15 is 0 Å². The molecule has 0 bridgehead atoms. The zero-order chi connectivity index (χ0) is 55.7. The number of esters is 6. The van der Waals surface area contributed by atoms with Gasteiger partial charge in [-0.3, -0.25) is 43.2 Å². The van der Waals surface area contributed by atoms with Crippen LogP contribution < -0.4 is 0 Å². The summed E-state index contributed by atoms with van der Waals surface area (Å²) in [6.45, 7) is 16.5. The van der Waals surface area contributed by atoms with Gasteiger partial charge in [0.2, 0.25) is 0 Å². The molecule has 1 saturated heterocycles. The highest BCUT2D eigenvalue weighted by Gasteiger charge is 2.39. The Hall–Kier alpha value is -6.42. The van der Waals surface area contributed by atoms with Crippen LogP contribution in [0.2, 0.25) is 0 Å². The number of carbonyl (C=O) groups is 10. The van der Waals surface area contributed by atoms with E-state index in [0.717, 1.165) is 11.1 Å². The number of carbonyl (C=O) groups excluding carboxylic acids is 9. The number of hydrogen-bond donors (Lipinski definition) is 1. The molecule has 75 heavy (non-hydrogen) atoms. The van der Waals surface area contributed by atoms with Crippen LogP contribution in [0.4, 0.5) is 0 Å². The fourth-order valence-corrected chi connectivity index (χ4v) is 5.29. The first-order valence-corrected chi connectivity index (χ1v) is 22.4. The second-order valence-corrected chi connectivity index (χ2v) is 18.0. The van der Waals surface area contributed by atoms with E-state index in [2.05, 4.69) is 23.7 Å². The van der Waals surface area contributed by atoms with Gasteiger partial charge in [-0.05, 0) is 52.7 Å². The normalized spacial score (nSPS) is 13.1. The number of ether oxygens (including phenoxy) is 10. The molecule has 0 aromatic heterocycles. The Morgan fingerprint density at radius 2 is 0.987 bits per heavy atom. The Bertz CT molecular complexity index is 1980. The van der Waals surface area contributed by atoms with Crippen molar-refractivity contribution in [1.29, 1.82) is 0 Å². The quantitative estimate of drug-likeness (QED) is 0.0729. The summed E-state index contributed by atoms with van der Waals surface area (Å²) >= 11 is 0. The number of carboxylic acids is 1. The summed E-state index contributed by atoms with van der Waals surface area (Å²) in [7, 11) is 5.56. The van der Waals surface area contributed by atoms with E-state index in [-0.39, 0.29) is 98.7 Å². The van der Waals surface area contributed by atoms with E-state index in [4.69, 9.17) is 28.8 Å². The van der Waals surface area contributed by atoms with Gasteiger partial charge in [-0.1, -0.05) is 96.8 Å². The third-order valence-electron chi connectivity index (χ3n) is 8.20. The number of hydrogen-bond acceptors (Lipinski definition) is 20. The minimum Gasteiger partial charge on any atom is -0.480 e. The lowest BCUT2D eigenvalue weighted by molar-refractivity contribution is -0.231. The van der Waals surface area contributed by atoms with Gasteiger partial charge in [0.05, 0.1) is 11.8 Å². The number of carboxylic acid groups (broad SMARTS) is 1. The highest BCUT2D eigenvalue weighted by Crippen LogP contribution is 2.22. The summed E-state index contributed by atoms with van der Waals surface area (Å²) in [6, 6.07) is 18.4. The SMILES string of the molecule is C.C.C.CC1(C)OC(=O)CC(=O)O1.COCC(=O)C(C(=O)OCc1ccccc1)C(C)C(=O)OC(C)(C)C.COCC(=O)CC(=O)OCc1ccccc1.COCC(=O)CC(C)C(=O)OC(C)(C)C.COCC(=O)O. The van der Waals surface area contributed by atoms with Crippen LogP contribution in [0, 0.1) is 17.8 Å². The number of cyclic esters (lactones) is 2. The van der Waals surface area contributed by atoms with Gasteiger partial charge in [0, 0.05) is 48.7 Å². The van der Waals surface area contributed by atoms with Gasteiger partial charge >= 0.3 is 41.8 Å². The Balaban J connectivity index is -0.000000287. The predicted octanol–water partition coefficient (Wildman–Crippen LogP) is 7.28. The molecular weight excluding hydrogens is 985 g/mol. The van der Waals surface area contributed by atoms with E-state index < -0.39 is 76.3 Å². The average molecular weight is 1070 g/mol. The van der Waals surface area contributed by atoms with Gasteiger partial charge in [0.15, 0.2) is 17.3 Å². The summed E-state index contributed by atoms with van der Waals surface area (Å²) in [5.41, 5.74) is 0.470. The van der Waals surface area contributed by atoms with E-state index in [9.17, 15) is 47.9 Å². The minimum atomic E-state index is -1.27. The standard InChI is InChI=1S/C19H26O6.C12H14O4.C11H20O4.C6H8O4.C3H6O3.3CH4/c1-13(17(21)25-19(2,3)4)16(15(20)12-23-5)18(22)24-11-14-9-7-6-8-10-14;1-15-9-11(13)7-12(14)16-8-10-5-3-2-4-6-10;1-8(6-9(12)7-14-5)10(13)15-11(2,3)4;1-6(2)9-4(7)3-5(8)10-6;1-6-2-3(4)5;;;/h6-10,13,16H,11-12H2,1-5H3;2-6H,7-9H2,1H3;8H,6-7H2,1-5H3;3H2,1-2H3;2H2,1H3,(H,4,5);3*1H4. The van der Waals surface area contributed by atoms with Crippen LogP contribution in [0.1, 0.15) is 122 Å². The molecule has 0 saturated carbocycles. The zero-order valence-electron chi connectivity index (χ0n) is 44.0. The zero-order valence-corrected chi connectivity index (χ0v) is 44.0. The van der Waals surface area contributed by atoms with Crippen molar-refractivity contribution in [3.63, 3.8) is 0 Å². The molecule has 1 heterocycles. The maximum absolute atomic E-state index is 12.4. The van der Waals surface area contributed by atoms with Crippen molar-refractivity contribution < 1.29 is 100 Å². The number of benzene rings is 2. The molecule has 21 nitrogen and oxygen atoms in total. The van der Waals surface area contributed by atoms with Crippen LogP contribution in [0.5, 0.6) is 0 Å². The molecule has 2 aromatic carbocycles. The van der Waals surface area contributed by atoms with E-state index in [1.54, 1.807) is 60.6 Å². The molecule has 1 aliphatic heterocycles. The van der Waals surface area contributed by atoms with Crippen LogP contribution >= 0.6 is 0 Å². The van der Waals surface area contributed by atoms with E-state index in [0.29, 0.717) is 0 Å². The topological polar surface area (TPSA) is 283 Å². The first-order chi connectivity index (χ1) is 33.4. The van der Waals surface area contributed by atoms with Gasteiger partial charge in [-0.2, -0.15) is 0 Å². The van der Waals surface area contributed by atoms with Crippen molar-refractivity contribution in [2.24, 2.45) is 17.8 Å². The van der Waals surface area contributed by atoms with Gasteiger partial charge in [0.1, 0.15) is 69.6 Å². The Morgan fingerprint density at radius 3 is 1.36 bits per heavy atom. The second-order valence-electron chi connectivity index (χ2n) is 18.0. The second kappa shape index (κ2) is 40.9. The molecule has 3 atom stereocenters. The number of ketones is 3. The highest BCUT2D eigenvalue weighted by molar-refractivity contribution is 6.03. The Morgan fingerprint density at radius 1 is 0.587 bits per heavy atom. The van der Waals surface area contributed by atoms with Crippen LogP contribution in [0.3, 0.4) is 0 Å². The molecule has 0 radical (unpaired) electrons. The van der Waals surface area contributed by atoms with Crippen LogP contribution in [-0.4, -0.2) is 136 Å². The highest BCUT2D eigenvalue weighted by atomic mass is 16.7.